The molecule has 12 rings (SSSR count). The highest BCUT2D eigenvalue weighted by molar-refractivity contribution is 6.13. The van der Waals surface area contributed by atoms with E-state index in [0.29, 0.717) is 11.5 Å². The van der Waals surface area contributed by atoms with E-state index in [1.54, 1.807) is 0 Å². The van der Waals surface area contributed by atoms with Gasteiger partial charge in [-0.1, -0.05) is 121 Å². The predicted molar refractivity (Wildman–Crippen MR) is 238 cm³/mol. The third-order valence-corrected chi connectivity index (χ3v) is 11.5. The average Bonchev–Trinajstić information content (AvgIpc) is 3.79. The van der Waals surface area contributed by atoms with Crippen molar-refractivity contribution in [3.05, 3.63) is 206 Å². The zero-order valence-corrected chi connectivity index (χ0v) is 31.3. The fourth-order valence-electron chi connectivity index (χ4n) is 8.84. The van der Waals surface area contributed by atoms with Gasteiger partial charge in [0.1, 0.15) is 0 Å². The number of hydrogen-bond donors (Lipinski definition) is 0. The summed E-state index contributed by atoms with van der Waals surface area (Å²) in [5.74, 6) is 2.86. The Kier molecular flexibility index (Phi) is 7.20. The fraction of sp³-hybridized carbons (Fsp3) is 0. The van der Waals surface area contributed by atoms with Crippen molar-refractivity contribution in [3.8, 4) is 67.8 Å². The van der Waals surface area contributed by atoms with Crippen molar-refractivity contribution in [2.45, 2.75) is 0 Å². The van der Waals surface area contributed by atoms with Gasteiger partial charge in [-0.15, -0.1) is 0 Å². The van der Waals surface area contributed by atoms with E-state index in [9.17, 15) is 0 Å². The molecule has 0 unspecified atom stereocenters. The molecule has 3 heterocycles. The van der Waals surface area contributed by atoms with E-state index in [0.717, 1.165) is 55.8 Å². The summed E-state index contributed by atoms with van der Waals surface area (Å²) >= 11 is 0. The lowest BCUT2D eigenvalue weighted by atomic mass is 9.98. The maximum atomic E-state index is 6.42. The molecule has 0 bridgehead atoms. The molecular formula is C54H34N2O2. The molecule has 0 aliphatic carbocycles. The number of aromatic nitrogens is 2. The molecule has 0 fully saturated rings. The summed E-state index contributed by atoms with van der Waals surface area (Å²) in [6.45, 7) is 0. The lowest BCUT2D eigenvalue weighted by Crippen LogP contribution is -1.99. The maximum absolute atomic E-state index is 6.42. The highest BCUT2D eigenvalue weighted by Gasteiger charge is 2.23. The van der Waals surface area contributed by atoms with Crippen molar-refractivity contribution in [3.63, 3.8) is 0 Å². The topological polar surface area (TPSA) is 28.3 Å². The van der Waals surface area contributed by atoms with Crippen LogP contribution in [0.4, 0.5) is 0 Å². The van der Waals surface area contributed by atoms with Crippen LogP contribution >= 0.6 is 0 Å². The molecule has 11 aromatic rings. The second-order valence-electron chi connectivity index (χ2n) is 15.0. The number of nitrogens with zero attached hydrogens (tertiary/aromatic N) is 2. The Labute approximate surface area is 335 Å². The molecule has 0 radical (unpaired) electrons. The molecule has 0 spiro atoms. The molecular weight excluding hydrogens is 709 g/mol. The Bertz CT molecular complexity index is 3320. The number of para-hydroxylation sites is 4. The number of fused-ring (bicyclic) bond motifs is 8. The van der Waals surface area contributed by atoms with Crippen molar-refractivity contribution in [2.24, 2.45) is 0 Å². The number of ether oxygens (including phenoxy) is 2. The first kappa shape index (κ1) is 32.4. The van der Waals surface area contributed by atoms with E-state index >= 15 is 0 Å². The summed E-state index contributed by atoms with van der Waals surface area (Å²) in [5, 5.41) is 4.68. The summed E-state index contributed by atoms with van der Waals surface area (Å²) in [6.07, 6.45) is 0. The zero-order valence-electron chi connectivity index (χ0n) is 31.3. The van der Waals surface area contributed by atoms with Crippen LogP contribution in [0.2, 0.25) is 0 Å². The van der Waals surface area contributed by atoms with Crippen molar-refractivity contribution in [2.75, 3.05) is 0 Å². The van der Waals surface area contributed by atoms with Gasteiger partial charge in [0, 0.05) is 39.0 Å². The molecule has 0 saturated carbocycles. The highest BCUT2D eigenvalue weighted by Crippen LogP contribution is 2.49. The molecule has 58 heavy (non-hydrogen) atoms. The van der Waals surface area contributed by atoms with Crippen LogP contribution < -0.4 is 9.47 Å². The number of benzene rings is 9. The van der Waals surface area contributed by atoms with Crippen LogP contribution in [0.5, 0.6) is 23.0 Å². The number of hydrogen-bond acceptors (Lipinski definition) is 2. The Morgan fingerprint density at radius 1 is 0.241 bits per heavy atom. The van der Waals surface area contributed by atoms with Crippen molar-refractivity contribution in [1.82, 2.24) is 9.13 Å². The van der Waals surface area contributed by atoms with Gasteiger partial charge in [0.25, 0.3) is 0 Å². The lowest BCUT2D eigenvalue weighted by Gasteiger charge is -2.20. The molecule has 0 saturated heterocycles. The minimum absolute atomic E-state index is 0.707. The van der Waals surface area contributed by atoms with E-state index in [-0.39, 0.29) is 0 Å². The average molecular weight is 743 g/mol. The van der Waals surface area contributed by atoms with Crippen molar-refractivity contribution < 1.29 is 9.47 Å². The fourth-order valence-corrected chi connectivity index (χ4v) is 8.84. The second kappa shape index (κ2) is 12.9. The van der Waals surface area contributed by atoms with Crippen molar-refractivity contribution in [1.29, 1.82) is 0 Å². The molecule has 0 atom stereocenters. The minimum atomic E-state index is 0.707. The predicted octanol–water partition coefficient (Wildman–Crippen LogP) is 14.8. The van der Waals surface area contributed by atoms with E-state index in [4.69, 9.17) is 9.47 Å². The van der Waals surface area contributed by atoms with E-state index < -0.39 is 0 Å². The third kappa shape index (κ3) is 5.16. The van der Waals surface area contributed by atoms with Crippen LogP contribution in [0.3, 0.4) is 0 Å². The Hall–Kier alpha value is -7.82. The Morgan fingerprint density at radius 2 is 0.707 bits per heavy atom. The van der Waals surface area contributed by atoms with Gasteiger partial charge in [0.05, 0.1) is 22.1 Å². The van der Waals surface area contributed by atoms with Gasteiger partial charge in [0.15, 0.2) is 23.0 Å². The molecule has 4 heteroatoms. The Balaban J connectivity index is 1.04. The highest BCUT2D eigenvalue weighted by atomic mass is 16.6. The molecule has 0 amide bonds. The van der Waals surface area contributed by atoms with E-state index in [2.05, 4.69) is 191 Å². The molecule has 1 aliphatic heterocycles. The first-order valence-corrected chi connectivity index (χ1v) is 19.7. The van der Waals surface area contributed by atoms with Gasteiger partial charge in [-0.2, -0.15) is 0 Å². The SMILES string of the molecule is c1ccc(-c2cc(-c3ccccc3)cc(-n3c4ccccc4c4cc(-c5ccc6c(c5)c5cc7c(cc5n6-c5ccccc5)Oc5ccccc5O7)ccc43)c2)cc1. The van der Waals surface area contributed by atoms with Crippen LogP contribution in [0.1, 0.15) is 0 Å². The summed E-state index contributed by atoms with van der Waals surface area (Å²) in [6, 6.07) is 73.4. The lowest BCUT2D eigenvalue weighted by molar-refractivity contribution is 0.360. The second-order valence-corrected chi connectivity index (χ2v) is 15.0. The van der Waals surface area contributed by atoms with Crippen LogP contribution in [-0.2, 0) is 0 Å². The van der Waals surface area contributed by atoms with Gasteiger partial charge in [0.2, 0.25) is 0 Å². The van der Waals surface area contributed by atoms with Crippen LogP contribution in [0.25, 0.3) is 88.4 Å². The van der Waals surface area contributed by atoms with E-state index in [1.807, 2.05) is 24.3 Å². The maximum Gasteiger partial charge on any atom is 0.172 e. The smallest absolute Gasteiger partial charge is 0.172 e. The normalized spacial score (nSPS) is 12.1. The summed E-state index contributed by atoms with van der Waals surface area (Å²) in [5.41, 5.74) is 13.8. The molecule has 9 aromatic carbocycles. The van der Waals surface area contributed by atoms with Gasteiger partial charge >= 0.3 is 0 Å². The monoisotopic (exact) mass is 742 g/mol. The van der Waals surface area contributed by atoms with Crippen molar-refractivity contribution >= 4 is 43.6 Å². The largest absolute Gasteiger partial charge is 0.449 e. The van der Waals surface area contributed by atoms with Gasteiger partial charge in [-0.05, 0) is 112 Å². The van der Waals surface area contributed by atoms with Gasteiger partial charge < -0.3 is 18.6 Å². The van der Waals surface area contributed by atoms with E-state index in [1.165, 1.54) is 44.1 Å². The third-order valence-electron chi connectivity index (χ3n) is 11.5. The Morgan fingerprint density at radius 3 is 1.33 bits per heavy atom. The molecule has 0 N–H and O–H groups in total. The molecule has 1 aliphatic rings. The van der Waals surface area contributed by atoms with Crippen LogP contribution in [0.15, 0.2) is 206 Å². The quantitative estimate of drug-likeness (QED) is 0.176. The molecule has 4 nitrogen and oxygen atoms in total. The standard InChI is InChI=1S/C54H34N2O2/c1-4-14-35(15-5-1)39-28-40(36-16-6-2-7-17-36)30-42(29-39)56-47-21-11-10-20-43(47)44-31-37(24-26-48(44)56)38-25-27-49-45(32-38)46-33-53-54(58-52-23-13-12-22-51(52)57-53)34-50(46)55(49)41-18-8-3-9-19-41/h1-34H. The zero-order chi connectivity index (χ0) is 38.2. The first-order chi connectivity index (χ1) is 28.7. The van der Waals surface area contributed by atoms with Crippen LogP contribution in [0, 0.1) is 0 Å². The molecule has 2 aromatic heterocycles. The summed E-state index contributed by atoms with van der Waals surface area (Å²) in [4.78, 5) is 0. The minimum Gasteiger partial charge on any atom is -0.449 e. The van der Waals surface area contributed by atoms with Gasteiger partial charge in [-0.3, -0.25) is 0 Å². The molecule has 272 valence electrons. The summed E-state index contributed by atoms with van der Waals surface area (Å²) < 4.78 is 17.6. The van der Waals surface area contributed by atoms with Gasteiger partial charge in [-0.25, -0.2) is 0 Å². The number of rotatable bonds is 5. The summed E-state index contributed by atoms with van der Waals surface area (Å²) in [7, 11) is 0. The van der Waals surface area contributed by atoms with Crippen LogP contribution in [-0.4, -0.2) is 9.13 Å². The first-order valence-electron chi connectivity index (χ1n) is 19.7.